The molecule has 1 amide bonds. The first-order valence-electron chi connectivity index (χ1n) is 6.72. The van der Waals surface area contributed by atoms with E-state index in [1.165, 1.54) is 0 Å². The van der Waals surface area contributed by atoms with E-state index in [0.29, 0.717) is 5.92 Å². The highest BCUT2D eigenvalue weighted by Crippen LogP contribution is 2.23. The smallest absolute Gasteiger partial charge is 0.253 e. The van der Waals surface area contributed by atoms with Gasteiger partial charge in [0.25, 0.3) is 5.91 Å². The third kappa shape index (κ3) is 3.37. The van der Waals surface area contributed by atoms with Crippen LogP contribution < -0.4 is 0 Å². The van der Waals surface area contributed by atoms with Gasteiger partial charge in [-0.25, -0.2) is 0 Å². The van der Waals surface area contributed by atoms with Gasteiger partial charge in [0.05, 0.1) is 6.10 Å². The maximum atomic E-state index is 12.4. The molecule has 1 aliphatic heterocycles. The molecule has 1 saturated heterocycles. The van der Waals surface area contributed by atoms with E-state index in [2.05, 4.69) is 15.9 Å². The Balaban J connectivity index is 2.03. The van der Waals surface area contributed by atoms with Crippen molar-refractivity contribution in [3.05, 3.63) is 33.8 Å². The monoisotopic (exact) mass is 325 g/mol. The SMILES string of the molecule is Cc1ccc(C(=O)N2CCC([C@@H](C)O)CC2)cc1Br. The van der Waals surface area contributed by atoms with Gasteiger partial charge in [0.1, 0.15) is 0 Å². The molecule has 3 nitrogen and oxygen atoms in total. The van der Waals surface area contributed by atoms with Gasteiger partial charge in [0.15, 0.2) is 0 Å². The lowest BCUT2D eigenvalue weighted by atomic mass is 9.92. The number of hydrogen-bond acceptors (Lipinski definition) is 2. The van der Waals surface area contributed by atoms with Gasteiger partial charge in [-0.3, -0.25) is 4.79 Å². The molecular weight excluding hydrogens is 306 g/mol. The Bertz CT molecular complexity index is 465. The number of likely N-dealkylation sites (tertiary alicyclic amines) is 1. The number of aryl methyl sites for hydroxylation is 1. The van der Waals surface area contributed by atoms with Crippen molar-refractivity contribution in [2.24, 2.45) is 5.92 Å². The number of benzene rings is 1. The van der Waals surface area contributed by atoms with Crippen molar-refractivity contribution in [3.8, 4) is 0 Å². The Morgan fingerprint density at radius 2 is 2.05 bits per heavy atom. The molecule has 1 heterocycles. The molecule has 1 aromatic carbocycles. The second kappa shape index (κ2) is 6.06. The summed E-state index contributed by atoms with van der Waals surface area (Å²) < 4.78 is 0.970. The van der Waals surface area contributed by atoms with E-state index in [4.69, 9.17) is 0 Å². The molecule has 19 heavy (non-hydrogen) atoms. The molecular formula is C15H20BrNO2. The fourth-order valence-electron chi connectivity index (χ4n) is 2.49. The number of carbonyl (C=O) groups is 1. The van der Waals surface area contributed by atoms with Crippen LogP contribution in [0.2, 0.25) is 0 Å². The van der Waals surface area contributed by atoms with E-state index in [0.717, 1.165) is 41.5 Å². The summed E-state index contributed by atoms with van der Waals surface area (Å²) in [6.45, 7) is 5.31. The third-order valence-corrected chi connectivity index (χ3v) is 4.78. The van der Waals surface area contributed by atoms with Gasteiger partial charge in [-0.15, -0.1) is 0 Å². The highest BCUT2D eigenvalue weighted by atomic mass is 79.9. The molecule has 1 aliphatic rings. The van der Waals surface area contributed by atoms with Gasteiger partial charge < -0.3 is 10.0 Å². The van der Waals surface area contributed by atoms with Crippen molar-refractivity contribution < 1.29 is 9.90 Å². The summed E-state index contributed by atoms with van der Waals surface area (Å²) in [4.78, 5) is 14.3. The van der Waals surface area contributed by atoms with Crippen LogP contribution in [0.4, 0.5) is 0 Å². The van der Waals surface area contributed by atoms with Crippen LogP contribution in [-0.4, -0.2) is 35.1 Å². The predicted octanol–water partition coefficient (Wildman–Crippen LogP) is 2.99. The van der Waals surface area contributed by atoms with E-state index in [9.17, 15) is 9.90 Å². The van der Waals surface area contributed by atoms with Crippen LogP contribution in [0.25, 0.3) is 0 Å². The Hall–Kier alpha value is -0.870. The minimum atomic E-state index is -0.272. The lowest BCUT2D eigenvalue weighted by molar-refractivity contribution is 0.0521. The van der Waals surface area contributed by atoms with E-state index in [-0.39, 0.29) is 12.0 Å². The normalized spacial score (nSPS) is 18.4. The Morgan fingerprint density at radius 1 is 1.42 bits per heavy atom. The average molecular weight is 326 g/mol. The molecule has 0 aliphatic carbocycles. The van der Waals surface area contributed by atoms with E-state index >= 15 is 0 Å². The number of hydrogen-bond donors (Lipinski definition) is 1. The van der Waals surface area contributed by atoms with Gasteiger partial charge >= 0.3 is 0 Å². The summed E-state index contributed by atoms with van der Waals surface area (Å²) in [5.74, 6) is 0.415. The van der Waals surface area contributed by atoms with Crippen molar-refractivity contribution >= 4 is 21.8 Å². The maximum absolute atomic E-state index is 12.4. The van der Waals surface area contributed by atoms with E-state index in [1.54, 1.807) is 0 Å². The van der Waals surface area contributed by atoms with E-state index in [1.807, 2.05) is 36.9 Å². The molecule has 0 unspecified atom stereocenters. The van der Waals surface area contributed by atoms with Crippen molar-refractivity contribution in [1.29, 1.82) is 0 Å². The Morgan fingerprint density at radius 3 is 2.58 bits per heavy atom. The molecule has 4 heteroatoms. The molecule has 0 saturated carbocycles. The Labute approximate surface area is 122 Å². The number of halogens is 1. The van der Waals surface area contributed by atoms with Gasteiger partial charge in [0, 0.05) is 23.1 Å². The summed E-state index contributed by atoms with van der Waals surface area (Å²) in [6.07, 6.45) is 1.50. The lowest BCUT2D eigenvalue weighted by Gasteiger charge is -2.33. The molecule has 0 bridgehead atoms. The number of amides is 1. The van der Waals surface area contributed by atoms with Gasteiger partial charge in [-0.1, -0.05) is 22.0 Å². The van der Waals surface area contributed by atoms with Crippen LogP contribution >= 0.6 is 15.9 Å². The van der Waals surface area contributed by atoms with Crippen LogP contribution in [0.5, 0.6) is 0 Å². The molecule has 1 aromatic rings. The average Bonchev–Trinajstić information content (AvgIpc) is 2.41. The molecule has 1 fully saturated rings. The van der Waals surface area contributed by atoms with Crippen LogP contribution in [0.15, 0.2) is 22.7 Å². The van der Waals surface area contributed by atoms with Crippen LogP contribution in [0.1, 0.15) is 35.7 Å². The number of aliphatic hydroxyl groups is 1. The van der Waals surface area contributed by atoms with Crippen LogP contribution in [0, 0.1) is 12.8 Å². The molecule has 104 valence electrons. The van der Waals surface area contributed by atoms with E-state index < -0.39 is 0 Å². The lowest BCUT2D eigenvalue weighted by Crippen LogP contribution is -2.40. The highest BCUT2D eigenvalue weighted by molar-refractivity contribution is 9.10. The second-order valence-corrected chi connectivity index (χ2v) is 6.19. The molecule has 2 rings (SSSR count). The van der Waals surface area contributed by atoms with Gasteiger partial charge in [0.2, 0.25) is 0 Å². The van der Waals surface area contributed by atoms with Crippen LogP contribution in [0.3, 0.4) is 0 Å². The molecule has 0 spiro atoms. The Kier molecular flexibility index (Phi) is 4.63. The zero-order chi connectivity index (χ0) is 14.0. The minimum absolute atomic E-state index is 0.0877. The van der Waals surface area contributed by atoms with Crippen molar-refractivity contribution in [2.45, 2.75) is 32.8 Å². The fraction of sp³-hybridized carbons (Fsp3) is 0.533. The van der Waals surface area contributed by atoms with Crippen molar-refractivity contribution in [3.63, 3.8) is 0 Å². The summed E-state index contributed by atoms with van der Waals surface area (Å²) in [5, 5.41) is 9.58. The van der Waals surface area contributed by atoms with Crippen molar-refractivity contribution in [2.75, 3.05) is 13.1 Å². The minimum Gasteiger partial charge on any atom is -0.393 e. The predicted molar refractivity (Wildman–Crippen MR) is 79.2 cm³/mol. The summed E-state index contributed by atoms with van der Waals surface area (Å²) >= 11 is 3.46. The largest absolute Gasteiger partial charge is 0.393 e. The molecule has 1 atom stereocenters. The first-order chi connectivity index (χ1) is 8.99. The third-order valence-electron chi connectivity index (χ3n) is 3.93. The van der Waals surface area contributed by atoms with Crippen molar-refractivity contribution in [1.82, 2.24) is 4.90 Å². The number of nitrogens with zero attached hydrogens (tertiary/aromatic N) is 1. The second-order valence-electron chi connectivity index (χ2n) is 5.33. The summed E-state index contributed by atoms with van der Waals surface area (Å²) in [7, 11) is 0. The summed E-state index contributed by atoms with van der Waals surface area (Å²) in [5.41, 5.74) is 1.86. The van der Waals surface area contributed by atoms with Crippen LogP contribution in [-0.2, 0) is 0 Å². The topological polar surface area (TPSA) is 40.5 Å². The molecule has 0 aromatic heterocycles. The fourth-order valence-corrected chi connectivity index (χ4v) is 2.87. The zero-order valence-corrected chi connectivity index (χ0v) is 13.0. The number of piperidine rings is 1. The standard InChI is InChI=1S/C15H20BrNO2/c1-10-3-4-13(9-14(10)16)15(19)17-7-5-12(6-8-17)11(2)18/h3-4,9,11-12,18H,5-8H2,1-2H3/t11-/m1/s1. The first-order valence-corrected chi connectivity index (χ1v) is 7.52. The number of aliphatic hydroxyl groups excluding tert-OH is 1. The number of rotatable bonds is 2. The summed E-state index contributed by atoms with van der Waals surface area (Å²) in [6, 6.07) is 5.72. The molecule has 1 N–H and O–H groups in total. The molecule has 0 radical (unpaired) electrons. The maximum Gasteiger partial charge on any atom is 0.253 e. The van der Waals surface area contributed by atoms with Gasteiger partial charge in [-0.2, -0.15) is 0 Å². The zero-order valence-electron chi connectivity index (χ0n) is 11.4. The number of carbonyl (C=O) groups excluding carboxylic acids is 1. The quantitative estimate of drug-likeness (QED) is 0.908. The highest BCUT2D eigenvalue weighted by Gasteiger charge is 2.26. The van der Waals surface area contributed by atoms with Gasteiger partial charge in [-0.05, 0) is 50.3 Å². The first kappa shape index (κ1) is 14.5.